The van der Waals surface area contributed by atoms with Crippen LogP contribution >= 0.6 is 0 Å². The molecule has 0 spiro atoms. The van der Waals surface area contributed by atoms with Crippen molar-refractivity contribution in [2.24, 2.45) is 17.8 Å². The van der Waals surface area contributed by atoms with Crippen molar-refractivity contribution >= 4 is 0 Å². The van der Waals surface area contributed by atoms with Gasteiger partial charge in [0, 0.05) is 0 Å². The summed E-state index contributed by atoms with van der Waals surface area (Å²) >= 11 is 0. The Morgan fingerprint density at radius 1 is 0.923 bits per heavy atom. The number of rotatable bonds is 2. The molecule has 0 saturated heterocycles. The van der Waals surface area contributed by atoms with Crippen LogP contribution in [0.15, 0.2) is 6.07 Å². The quantitative estimate of drug-likeness (QED) is 0.649. The van der Waals surface area contributed by atoms with E-state index < -0.39 is 11.6 Å². The van der Waals surface area contributed by atoms with E-state index in [2.05, 4.69) is 6.92 Å². The summed E-state index contributed by atoms with van der Waals surface area (Å²) in [6.45, 7) is 3.93. The number of benzene rings is 1. The van der Waals surface area contributed by atoms with Gasteiger partial charge in [-0.1, -0.05) is 19.8 Å². The van der Waals surface area contributed by atoms with Gasteiger partial charge in [0.2, 0.25) is 0 Å². The second-order valence-electron chi connectivity index (χ2n) is 8.54. The summed E-state index contributed by atoms with van der Waals surface area (Å²) in [5.41, 5.74) is 1.43. The van der Waals surface area contributed by atoms with Gasteiger partial charge in [-0.15, -0.1) is 6.42 Å². The van der Waals surface area contributed by atoms with Crippen LogP contribution in [0.4, 0.5) is 8.78 Å². The van der Waals surface area contributed by atoms with Crippen molar-refractivity contribution in [2.75, 3.05) is 0 Å². The molecule has 0 atom stereocenters. The second kappa shape index (κ2) is 9.46. The monoisotopic (exact) mass is 432 g/mol. The fraction of sp³-hybridized carbons (Fsp3) is 0.682. The average molecular weight is 433 g/mol. The van der Waals surface area contributed by atoms with Gasteiger partial charge in [-0.25, -0.2) is 4.39 Å². The van der Waals surface area contributed by atoms with Crippen LogP contribution in [-0.2, 0) is 6.42 Å². The fourth-order valence-electron chi connectivity index (χ4n) is 5.31. The van der Waals surface area contributed by atoms with E-state index in [4.69, 9.17) is 4.74 Å². The van der Waals surface area contributed by atoms with E-state index in [-0.39, 0.29) is 69.9 Å². The number of ether oxygens (including phenoxy) is 1. The molecule has 0 N–H and O–H groups in total. The molecule has 0 radical (unpaired) electrons. The van der Waals surface area contributed by atoms with Crippen molar-refractivity contribution in [1.29, 1.82) is 0 Å². The Kier molecular flexibility index (Phi) is 7.78. The minimum absolute atomic E-state index is 0. The van der Waals surface area contributed by atoms with Crippen LogP contribution < -0.4 is 62.9 Å². The van der Waals surface area contributed by atoms with Crippen molar-refractivity contribution in [3.05, 3.63) is 35.4 Å². The molecule has 1 aromatic rings. The summed E-state index contributed by atoms with van der Waals surface area (Å²) < 4.78 is 34.2. The van der Waals surface area contributed by atoms with E-state index in [1.54, 1.807) is 6.61 Å². The number of hydrogen-bond acceptors (Lipinski definition) is 1. The molecule has 2 saturated carbocycles. The topological polar surface area (TPSA) is 9.23 Å². The van der Waals surface area contributed by atoms with E-state index in [1.807, 2.05) is 6.07 Å². The Labute approximate surface area is 205 Å². The van der Waals surface area contributed by atoms with Crippen LogP contribution in [0.5, 0.6) is 5.75 Å². The minimum Gasteiger partial charge on any atom is -0.660 e. The predicted molar refractivity (Wildman–Crippen MR) is 95.4 cm³/mol. The van der Waals surface area contributed by atoms with Gasteiger partial charge < -0.3 is 4.74 Å². The van der Waals surface area contributed by atoms with E-state index in [1.165, 1.54) is 38.5 Å². The first kappa shape index (κ1) is 21.4. The molecule has 4 rings (SSSR count). The third-order valence-electron chi connectivity index (χ3n) is 6.94. The summed E-state index contributed by atoms with van der Waals surface area (Å²) in [4.78, 5) is 0. The first-order valence-corrected chi connectivity index (χ1v) is 10.1. The van der Waals surface area contributed by atoms with Gasteiger partial charge in [-0.3, -0.25) is 0 Å². The van der Waals surface area contributed by atoms with Gasteiger partial charge in [0.15, 0.2) is 11.6 Å². The van der Waals surface area contributed by atoms with Gasteiger partial charge in [0.25, 0.3) is 0 Å². The summed E-state index contributed by atoms with van der Waals surface area (Å²) in [7, 11) is 0. The Morgan fingerprint density at radius 3 is 2.19 bits per heavy atom. The summed E-state index contributed by atoms with van der Waals surface area (Å²) in [5, 5.41) is 0. The second-order valence-corrected chi connectivity index (χ2v) is 8.54. The maximum absolute atomic E-state index is 14.6. The molecule has 0 bridgehead atoms. The molecule has 26 heavy (non-hydrogen) atoms. The standard InChI is InChI=1S/C22H29F2O.Rb/c1-14-4-6-15(7-5-14)16-8-10-17(11-9-16)19-13-18-3-2-12-25-22(18)21(24)20(19)23;/h12-17H,2-11H2,1H3;/q-1;+1. The van der Waals surface area contributed by atoms with Crippen LogP contribution in [-0.4, -0.2) is 0 Å². The third-order valence-corrected chi connectivity index (χ3v) is 6.94. The van der Waals surface area contributed by atoms with E-state index in [0.717, 1.165) is 49.0 Å². The minimum atomic E-state index is -0.785. The number of aryl methyl sites for hydroxylation is 1. The Balaban J connectivity index is 0.00000196. The average Bonchev–Trinajstić information content (AvgIpc) is 2.65. The molecule has 1 aliphatic heterocycles. The Hall–Kier alpha value is 0.685. The first-order chi connectivity index (χ1) is 12.1. The van der Waals surface area contributed by atoms with Crippen molar-refractivity contribution in [2.45, 2.75) is 77.0 Å². The molecule has 0 aromatic heterocycles. The molecular formula is C22H29F2ORb. The molecule has 0 unspecified atom stereocenters. The predicted octanol–water partition coefficient (Wildman–Crippen LogP) is 3.56. The van der Waals surface area contributed by atoms with Crippen molar-refractivity contribution in [3.8, 4) is 5.75 Å². The molecule has 0 amide bonds. The Bertz CT molecular complexity index is 617. The van der Waals surface area contributed by atoms with Gasteiger partial charge in [-0.05, 0) is 85.8 Å². The zero-order valence-corrected chi connectivity index (χ0v) is 21.1. The largest absolute Gasteiger partial charge is 1.00 e. The number of fused-ring (bicyclic) bond motifs is 1. The van der Waals surface area contributed by atoms with Gasteiger partial charge in [0.1, 0.15) is 5.75 Å². The third kappa shape index (κ3) is 4.47. The maximum Gasteiger partial charge on any atom is 1.00 e. The van der Waals surface area contributed by atoms with E-state index in [0.29, 0.717) is 5.56 Å². The molecule has 1 heterocycles. The van der Waals surface area contributed by atoms with Crippen LogP contribution in [0.2, 0.25) is 0 Å². The fourth-order valence-corrected chi connectivity index (χ4v) is 5.31. The molecule has 138 valence electrons. The zero-order chi connectivity index (χ0) is 17.4. The van der Waals surface area contributed by atoms with Gasteiger partial charge in [0.05, 0.1) is 0 Å². The SMILES string of the molecule is CC1CCC(C2CCC(c3cc4c(c(F)c3F)O[CH-]CC4)CC2)CC1.[Rb+]. The summed E-state index contributed by atoms with van der Waals surface area (Å²) in [6, 6.07) is 1.88. The van der Waals surface area contributed by atoms with Crippen LogP contribution in [0, 0.1) is 36.0 Å². The molecule has 1 nitrogen and oxygen atoms in total. The molecular weight excluding hydrogens is 404 g/mol. The molecule has 1 aromatic carbocycles. The smallest absolute Gasteiger partial charge is 0.660 e. The maximum atomic E-state index is 14.6. The molecule has 2 fully saturated rings. The van der Waals surface area contributed by atoms with Crippen molar-refractivity contribution in [1.82, 2.24) is 0 Å². The van der Waals surface area contributed by atoms with Gasteiger partial charge in [-0.2, -0.15) is 11.0 Å². The zero-order valence-electron chi connectivity index (χ0n) is 16.2. The van der Waals surface area contributed by atoms with Gasteiger partial charge >= 0.3 is 58.2 Å². The van der Waals surface area contributed by atoms with E-state index >= 15 is 0 Å². The normalized spacial score (nSPS) is 31.5. The Morgan fingerprint density at radius 2 is 1.54 bits per heavy atom. The van der Waals surface area contributed by atoms with Crippen molar-refractivity contribution < 1.29 is 71.7 Å². The van der Waals surface area contributed by atoms with Crippen LogP contribution in [0.25, 0.3) is 0 Å². The van der Waals surface area contributed by atoms with Crippen LogP contribution in [0.3, 0.4) is 0 Å². The molecule has 2 aliphatic carbocycles. The van der Waals surface area contributed by atoms with E-state index in [9.17, 15) is 8.78 Å². The van der Waals surface area contributed by atoms with Crippen molar-refractivity contribution in [3.63, 3.8) is 0 Å². The number of hydrogen-bond donors (Lipinski definition) is 0. The summed E-state index contributed by atoms with van der Waals surface area (Å²) in [6.07, 6.45) is 11.3. The summed E-state index contributed by atoms with van der Waals surface area (Å²) in [5.74, 6) is 1.37. The number of halogens is 2. The molecule has 4 heteroatoms. The first-order valence-electron chi connectivity index (χ1n) is 10.1. The molecule has 3 aliphatic rings. The van der Waals surface area contributed by atoms with Crippen LogP contribution in [0.1, 0.15) is 81.8 Å².